The number of carbonyl (C=O) groups excluding carboxylic acids is 2. The zero-order valence-corrected chi connectivity index (χ0v) is 21.3. The molecule has 4 aromatic rings. The third-order valence-corrected chi connectivity index (χ3v) is 5.68. The van der Waals surface area contributed by atoms with Crippen LogP contribution in [0, 0.1) is 6.92 Å². The molecule has 190 valence electrons. The Balaban J connectivity index is 1.26. The van der Waals surface area contributed by atoms with Gasteiger partial charge in [-0.15, -0.1) is 0 Å². The van der Waals surface area contributed by atoms with Crippen LogP contribution in [0.1, 0.15) is 37.4 Å². The Hall–Kier alpha value is -4.84. The highest BCUT2D eigenvalue weighted by Crippen LogP contribution is 2.21. The van der Waals surface area contributed by atoms with Gasteiger partial charge in [0, 0.05) is 23.6 Å². The lowest BCUT2D eigenvalue weighted by atomic mass is 10.1. The molecule has 6 nitrogen and oxygen atoms in total. The lowest BCUT2D eigenvalue weighted by Gasteiger charge is -2.06. The van der Waals surface area contributed by atoms with Crippen LogP contribution in [0.15, 0.2) is 107 Å². The molecule has 0 heterocycles. The number of hydrogen-bond acceptors (Lipinski definition) is 6. The second-order valence-corrected chi connectivity index (χ2v) is 8.63. The van der Waals surface area contributed by atoms with E-state index in [9.17, 15) is 9.59 Å². The van der Waals surface area contributed by atoms with Gasteiger partial charge in [-0.05, 0) is 84.8 Å². The van der Waals surface area contributed by atoms with E-state index >= 15 is 0 Å². The topological polar surface area (TPSA) is 77.3 Å². The highest BCUT2D eigenvalue weighted by atomic mass is 16.5. The SMILES string of the molecule is COc1cccc(C(=O)CN=Cc2ccc(Oc3ccc(C=NCC(=O)c4cccc(C)c4)cc3)cc2)c1. The monoisotopic (exact) mass is 504 g/mol. The number of methoxy groups -OCH3 is 1. The van der Waals surface area contributed by atoms with Crippen molar-refractivity contribution in [2.45, 2.75) is 6.92 Å². The number of aryl methyl sites for hydroxylation is 1. The first-order valence-electron chi connectivity index (χ1n) is 12.1. The quantitative estimate of drug-likeness (QED) is 0.175. The van der Waals surface area contributed by atoms with Crippen LogP contribution in [-0.4, -0.2) is 44.2 Å². The predicted octanol–water partition coefficient (Wildman–Crippen LogP) is 6.40. The third-order valence-electron chi connectivity index (χ3n) is 5.68. The average Bonchev–Trinajstić information content (AvgIpc) is 2.95. The van der Waals surface area contributed by atoms with Crippen molar-refractivity contribution in [3.63, 3.8) is 0 Å². The third kappa shape index (κ3) is 7.58. The lowest BCUT2D eigenvalue weighted by molar-refractivity contribution is 0.0994. The first-order chi connectivity index (χ1) is 18.5. The predicted molar refractivity (Wildman–Crippen MR) is 151 cm³/mol. The van der Waals surface area contributed by atoms with Crippen LogP contribution in [0.4, 0.5) is 0 Å². The van der Waals surface area contributed by atoms with Gasteiger partial charge in [0.25, 0.3) is 0 Å². The van der Waals surface area contributed by atoms with E-state index in [4.69, 9.17) is 9.47 Å². The Morgan fingerprint density at radius 2 is 1.16 bits per heavy atom. The molecular formula is C32H28N2O4. The molecule has 4 rings (SSSR count). The molecular weight excluding hydrogens is 476 g/mol. The van der Waals surface area contributed by atoms with Gasteiger partial charge in [-0.2, -0.15) is 0 Å². The summed E-state index contributed by atoms with van der Waals surface area (Å²) in [7, 11) is 1.57. The summed E-state index contributed by atoms with van der Waals surface area (Å²) in [6, 6.07) is 29.5. The van der Waals surface area contributed by atoms with Gasteiger partial charge in [0.15, 0.2) is 11.6 Å². The Bertz CT molecular complexity index is 1460. The summed E-state index contributed by atoms with van der Waals surface area (Å²) >= 11 is 0. The van der Waals surface area contributed by atoms with E-state index in [1.165, 1.54) is 0 Å². The van der Waals surface area contributed by atoms with Crippen molar-refractivity contribution in [2.75, 3.05) is 20.2 Å². The molecule has 0 saturated carbocycles. The average molecular weight is 505 g/mol. The van der Waals surface area contributed by atoms with Crippen molar-refractivity contribution in [3.05, 3.63) is 125 Å². The number of carbonyl (C=O) groups is 2. The maximum Gasteiger partial charge on any atom is 0.184 e. The Morgan fingerprint density at radius 3 is 1.66 bits per heavy atom. The van der Waals surface area contributed by atoms with Crippen LogP contribution in [0.25, 0.3) is 0 Å². The van der Waals surface area contributed by atoms with Crippen molar-refractivity contribution in [1.29, 1.82) is 0 Å². The number of benzene rings is 4. The van der Waals surface area contributed by atoms with Crippen molar-refractivity contribution < 1.29 is 19.1 Å². The van der Waals surface area contributed by atoms with Crippen molar-refractivity contribution in [3.8, 4) is 17.2 Å². The summed E-state index contributed by atoms with van der Waals surface area (Å²) in [5.74, 6) is 1.92. The van der Waals surface area contributed by atoms with Crippen molar-refractivity contribution in [2.24, 2.45) is 9.98 Å². The lowest BCUT2D eigenvalue weighted by Crippen LogP contribution is -2.03. The van der Waals surface area contributed by atoms with Gasteiger partial charge >= 0.3 is 0 Å². The van der Waals surface area contributed by atoms with Crippen LogP contribution in [0.5, 0.6) is 17.2 Å². The van der Waals surface area contributed by atoms with Gasteiger partial charge in [0.05, 0.1) is 7.11 Å². The van der Waals surface area contributed by atoms with E-state index in [2.05, 4.69) is 9.98 Å². The minimum atomic E-state index is -0.0773. The number of aliphatic imine (C=N–C) groups is 2. The summed E-state index contributed by atoms with van der Waals surface area (Å²) < 4.78 is 11.1. The van der Waals surface area contributed by atoms with Gasteiger partial charge < -0.3 is 9.47 Å². The highest BCUT2D eigenvalue weighted by molar-refractivity contribution is 5.99. The Morgan fingerprint density at radius 1 is 0.658 bits per heavy atom. The summed E-state index contributed by atoms with van der Waals surface area (Å²) in [5.41, 5.74) is 4.03. The molecule has 0 N–H and O–H groups in total. The van der Waals surface area contributed by atoms with Crippen LogP contribution in [0.3, 0.4) is 0 Å². The van der Waals surface area contributed by atoms with E-state index < -0.39 is 0 Å². The van der Waals surface area contributed by atoms with Crippen LogP contribution in [-0.2, 0) is 0 Å². The highest BCUT2D eigenvalue weighted by Gasteiger charge is 2.06. The zero-order valence-electron chi connectivity index (χ0n) is 21.3. The number of Topliss-reactive ketones (excluding diaryl/α,β-unsaturated/α-hetero) is 2. The minimum absolute atomic E-state index is 0.0122. The number of ether oxygens (including phenoxy) is 2. The van der Waals surface area contributed by atoms with Gasteiger partial charge in [-0.1, -0.05) is 35.9 Å². The fourth-order valence-corrected chi connectivity index (χ4v) is 3.65. The largest absolute Gasteiger partial charge is 0.497 e. The van der Waals surface area contributed by atoms with Crippen LogP contribution < -0.4 is 9.47 Å². The molecule has 4 aromatic carbocycles. The molecule has 38 heavy (non-hydrogen) atoms. The maximum absolute atomic E-state index is 12.3. The van der Waals surface area contributed by atoms with Gasteiger partial charge in [-0.25, -0.2) is 0 Å². The molecule has 0 aliphatic rings. The molecule has 0 bridgehead atoms. The van der Waals surface area contributed by atoms with E-state index in [1.54, 1.807) is 49.9 Å². The van der Waals surface area contributed by atoms with Crippen molar-refractivity contribution >= 4 is 24.0 Å². The first kappa shape index (κ1) is 26.2. The smallest absolute Gasteiger partial charge is 0.184 e. The molecule has 0 aromatic heterocycles. The molecule has 0 spiro atoms. The fourth-order valence-electron chi connectivity index (χ4n) is 3.65. The molecule has 6 heteroatoms. The summed E-state index contributed by atoms with van der Waals surface area (Å²) in [5, 5.41) is 0. The fraction of sp³-hybridized carbons (Fsp3) is 0.125. The maximum atomic E-state index is 12.3. The van der Waals surface area contributed by atoms with Crippen LogP contribution in [0.2, 0.25) is 0 Å². The molecule has 0 aliphatic carbocycles. The first-order valence-corrected chi connectivity index (χ1v) is 12.1. The van der Waals surface area contributed by atoms with Gasteiger partial charge in [0.2, 0.25) is 0 Å². The summed E-state index contributed by atoms with van der Waals surface area (Å²) in [4.78, 5) is 33.1. The Kier molecular flexibility index (Phi) is 8.92. The number of rotatable bonds is 11. The Labute approximate surface area is 222 Å². The second kappa shape index (κ2) is 12.9. The number of ketones is 2. The molecule has 0 fully saturated rings. The van der Waals surface area contributed by atoms with Crippen LogP contribution >= 0.6 is 0 Å². The molecule has 0 amide bonds. The van der Waals surface area contributed by atoms with E-state index in [-0.39, 0.29) is 24.7 Å². The van der Waals surface area contributed by atoms with Gasteiger partial charge in [-0.3, -0.25) is 19.6 Å². The molecule has 0 unspecified atom stereocenters. The minimum Gasteiger partial charge on any atom is -0.497 e. The van der Waals surface area contributed by atoms with Gasteiger partial charge in [0.1, 0.15) is 30.3 Å². The zero-order chi connectivity index (χ0) is 26.7. The second-order valence-electron chi connectivity index (χ2n) is 8.63. The van der Waals surface area contributed by atoms with E-state index in [0.717, 1.165) is 16.7 Å². The number of nitrogens with zero attached hydrogens (tertiary/aromatic N) is 2. The van der Waals surface area contributed by atoms with Crippen molar-refractivity contribution in [1.82, 2.24) is 0 Å². The standard InChI is InChI=1S/C32H28N2O4/c1-23-5-3-6-26(17-23)31(35)21-33-19-24-9-13-28(14-10-24)38-29-15-11-25(12-16-29)20-34-22-32(36)27-7-4-8-30(18-27)37-2/h3-20H,21-22H2,1-2H3. The molecule has 0 atom stereocenters. The number of hydrogen-bond donors (Lipinski definition) is 0. The molecule has 0 aliphatic heterocycles. The normalized spacial score (nSPS) is 11.1. The van der Waals surface area contributed by atoms with E-state index in [0.29, 0.717) is 28.4 Å². The summed E-state index contributed by atoms with van der Waals surface area (Å²) in [6.07, 6.45) is 3.35. The molecule has 0 radical (unpaired) electrons. The molecule has 0 saturated heterocycles. The summed E-state index contributed by atoms with van der Waals surface area (Å²) in [6.45, 7) is 2.12. The van der Waals surface area contributed by atoms with E-state index in [1.807, 2.05) is 73.7 Å².